The van der Waals surface area contributed by atoms with Crippen molar-refractivity contribution >= 4 is 17.5 Å². The molecule has 4 aromatic rings. The fourth-order valence-electron chi connectivity index (χ4n) is 3.02. The van der Waals surface area contributed by atoms with E-state index in [9.17, 15) is 4.79 Å². The fourth-order valence-corrected chi connectivity index (χ4v) is 3.27. The van der Waals surface area contributed by atoms with E-state index in [1.807, 2.05) is 78.9 Å². The molecule has 0 bridgehead atoms. The van der Waals surface area contributed by atoms with Gasteiger partial charge in [0.1, 0.15) is 6.04 Å². The quantitative estimate of drug-likeness (QED) is 0.500. The van der Waals surface area contributed by atoms with Gasteiger partial charge in [-0.1, -0.05) is 78.3 Å². The number of hydrogen-bond acceptors (Lipinski definition) is 4. The fraction of sp³-hybridized carbons (Fsp3) is 0.0870. The van der Waals surface area contributed by atoms with Gasteiger partial charge in [-0.15, -0.1) is 10.2 Å². The SMILES string of the molecule is O=C(Cc1ccccc1)N[C@@H](c1nnc(-c2ccccc2)o1)c1ccccc1Cl. The summed E-state index contributed by atoms with van der Waals surface area (Å²) in [5, 5.41) is 11.8. The smallest absolute Gasteiger partial charge is 0.247 e. The molecule has 0 fully saturated rings. The van der Waals surface area contributed by atoms with Gasteiger partial charge in [0.2, 0.25) is 17.7 Å². The minimum atomic E-state index is -0.648. The predicted octanol–water partition coefficient (Wildman–Crippen LogP) is 4.84. The standard InChI is InChI=1S/C23H18ClN3O2/c24-19-14-8-7-13-18(19)21(25-20(28)15-16-9-3-1-4-10-16)23-27-26-22(29-23)17-11-5-2-6-12-17/h1-14,21H,15H2,(H,25,28)/t21-/m1/s1. The number of carbonyl (C=O) groups is 1. The number of halogens is 1. The lowest BCUT2D eigenvalue weighted by Gasteiger charge is -2.17. The zero-order valence-electron chi connectivity index (χ0n) is 15.5. The van der Waals surface area contributed by atoms with E-state index in [2.05, 4.69) is 15.5 Å². The van der Waals surface area contributed by atoms with Crippen LogP contribution in [0.5, 0.6) is 0 Å². The molecule has 1 heterocycles. The minimum absolute atomic E-state index is 0.166. The van der Waals surface area contributed by atoms with Crippen LogP contribution in [0.15, 0.2) is 89.3 Å². The maximum absolute atomic E-state index is 12.7. The van der Waals surface area contributed by atoms with Gasteiger partial charge in [0.25, 0.3) is 0 Å². The summed E-state index contributed by atoms with van der Waals surface area (Å²) in [5.74, 6) is 0.494. The van der Waals surface area contributed by atoms with E-state index in [1.54, 1.807) is 6.07 Å². The van der Waals surface area contributed by atoms with Crippen molar-refractivity contribution in [2.24, 2.45) is 0 Å². The lowest BCUT2D eigenvalue weighted by atomic mass is 10.1. The molecule has 1 amide bonds. The largest absolute Gasteiger partial charge is 0.418 e. The van der Waals surface area contributed by atoms with Crippen LogP contribution < -0.4 is 5.32 Å². The summed E-state index contributed by atoms with van der Waals surface area (Å²) in [4.78, 5) is 12.7. The van der Waals surface area contributed by atoms with Crippen LogP contribution in [0.3, 0.4) is 0 Å². The molecule has 0 aliphatic heterocycles. The van der Waals surface area contributed by atoms with Gasteiger partial charge in [0.05, 0.1) is 6.42 Å². The van der Waals surface area contributed by atoms with Gasteiger partial charge in [-0.3, -0.25) is 4.79 Å². The lowest BCUT2D eigenvalue weighted by Crippen LogP contribution is -2.31. The first-order chi connectivity index (χ1) is 14.2. The van der Waals surface area contributed by atoms with Crippen LogP contribution in [0.1, 0.15) is 23.1 Å². The monoisotopic (exact) mass is 403 g/mol. The molecule has 4 rings (SSSR count). The number of rotatable bonds is 6. The zero-order valence-corrected chi connectivity index (χ0v) is 16.2. The topological polar surface area (TPSA) is 68.0 Å². The number of nitrogens with zero attached hydrogens (tertiary/aromatic N) is 2. The lowest BCUT2D eigenvalue weighted by molar-refractivity contribution is -0.121. The van der Waals surface area contributed by atoms with Crippen molar-refractivity contribution in [3.05, 3.63) is 107 Å². The normalized spacial score (nSPS) is 11.8. The summed E-state index contributed by atoms with van der Waals surface area (Å²) >= 11 is 6.40. The van der Waals surface area contributed by atoms with Crippen molar-refractivity contribution in [2.75, 3.05) is 0 Å². The van der Waals surface area contributed by atoms with Crippen molar-refractivity contribution < 1.29 is 9.21 Å². The molecule has 1 atom stereocenters. The maximum atomic E-state index is 12.7. The summed E-state index contributed by atoms with van der Waals surface area (Å²) in [6.45, 7) is 0. The first-order valence-electron chi connectivity index (χ1n) is 9.17. The third-order valence-corrected chi connectivity index (χ3v) is 4.78. The maximum Gasteiger partial charge on any atom is 0.247 e. The highest BCUT2D eigenvalue weighted by atomic mass is 35.5. The van der Waals surface area contributed by atoms with E-state index in [0.717, 1.165) is 11.1 Å². The van der Waals surface area contributed by atoms with Crippen LogP contribution in [0.2, 0.25) is 5.02 Å². The van der Waals surface area contributed by atoms with Crippen molar-refractivity contribution in [1.82, 2.24) is 15.5 Å². The first kappa shape index (κ1) is 18.9. The molecule has 0 aliphatic carbocycles. The van der Waals surface area contributed by atoms with Gasteiger partial charge in [-0.25, -0.2) is 0 Å². The second kappa shape index (κ2) is 8.71. The molecule has 0 aliphatic rings. The highest BCUT2D eigenvalue weighted by Crippen LogP contribution is 2.29. The van der Waals surface area contributed by atoms with Gasteiger partial charge in [-0.05, 0) is 23.8 Å². The van der Waals surface area contributed by atoms with Gasteiger partial charge < -0.3 is 9.73 Å². The molecule has 144 valence electrons. The summed E-state index contributed by atoms with van der Waals surface area (Å²) < 4.78 is 5.90. The van der Waals surface area contributed by atoms with Crippen LogP contribution in [-0.2, 0) is 11.2 Å². The van der Waals surface area contributed by atoms with Crippen molar-refractivity contribution in [3.63, 3.8) is 0 Å². The summed E-state index contributed by atoms with van der Waals surface area (Å²) in [6.07, 6.45) is 0.238. The Balaban J connectivity index is 1.64. The average Bonchev–Trinajstić information content (AvgIpc) is 3.24. The molecular weight excluding hydrogens is 386 g/mol. The third kappa shape index (κ3) is 4.52. The molecule has 0 spiro atoms. The second-order valence-corrected chi connectivity index (χ2v) is 6.90. The molecule has 5 nitrogen and oxygen atoms in total. The molecule has 1 N–H and O–H groups in total. The van der Waals surface area contributed by atoms with E-state index in [1.165, 1.54) is 0 Å². The Morgan fingerprint density at radius 2 is 1.55 bits per heavy atom. The van der Waals surface area contributed by atoms with E-state index in [4.69, 9.17) is 16.0 Å². The van der Waals surface area contributed by atoms with Crippen LogP contribution in [0.25, 0.3) is 11.5 Å². The van der Waals surface area contributed by atoms with Gasteiger partial charge in [0.15, 0.2) is 0 Å². The summed E-state index contributed by atoms with van der Waals surface area (Å²) in [7, 11) is 0. The van der Waals surface area contributed by atoms with Crippen molar-refractivity contribution in [2.45, 2.75) is 12.5 Å². The Kier molecular flexibility index (Phi) is 5.68. The molecular formula is C23H18ClN3O2. The van der Waals surface area contributed by atoms with Crippen LogP contribution in [0, 0.1) is 0 Å². The molecule has 0 unspecified atom stereocenters. The number of nitrogens with one attached hydrogen (secondary N) is 1. The molecule has 3 aromatic carbocycles. The Bertz CT molecular complexity index is 1100. The number of hydrogen-bond donors (Lipinski definition) is 1. The Morgan fingerprint density at radius 3 is 2.28 bits per heavy atom. The third-order valence-electron chi connectivity index (χ3n) is 4.44. The Hall–Kier alpha value is -3.44. The molecule has 6 heteroatoms. The number of carbonyl (C=O) groups excluding carboxylic acids is 1. The van der Waals surface area contributed by atoms with Gasteiger partial charge in [0, 0.05) is 16.1 Å². The highest BCUT2D eigenvalue weighted by molar-refractivity contribution is 6.31. The van der Waals surface area contributed by atoms with Crippen molar-refractivity contribution in [3.8, 4) is 11.5 Å². The van der Waals surface area contributed by atoms with Crippen LogP contribution in [-0.4, -0.2) is 16.1 Å². The van der Waals surface area contributed by atoms with Gasteiger partial charge in [-0.2, -0.15) is 0 Å². The van der Waals surface area contributed by atoms with E-state index in [-0.39, 0.29) is 18.2 Å². The number of aromatic nitrogens is 2. The number of benzene rings is 3. The molecule has 0 saturated heterocycles. The molecule has 29 heavy (non-hydrogen) atoms. The minimum Gasteiger partial charge on any atom is -0.418 e. The summed E-state index contributed by atoms with van der Waals surface area (Å²) in [5.41, 5.74) is 2.41. The average molecular weight is 404 g/mol. The van der Waals surface area contributed by atoms with Crippen LogP contribution >= 0.6 is 11.6 Å². The predicted molar refractivity (Wildman–Crippen MR) is 111 cm³/mol. The van der Waals surface area contributed by atoms with Crippen LogP contribution in [0.4, 0.5) is 0 Å². The molecule has 1 aromatic heterocycles. The molecule has 0 radical (unpaired) electrons. The first-order valence-corrected chi connectivity index (χ1v) is 9.55. The van der Waals surface area contributed by atoms with Crippen molar-refractivity contribution in [1.29, 1.82) is 0 Å². The van der Waals surface area contributed by atoms with E-state index in [0.29, 0.717) is 16.5 Å². The second-order valence-electron chi connectivity index (χ2n) is 6.50. The Labute approximate surface area is 173 Å². The van der Waals surface area contributed by atoms with E-state index >= 15 is 0 Å². The zero-order chi connectivity index (χ0) is 20.1. The molecule has 0 saturated carbocycles. The van der Waals surface area contributed by atoms with Gasteiger partial charge >= 0.3 is 0 Å². The number of amides is 1. The summed E-state index contributed by atoms with van der Waals surface area (Å²) in [6, 6.07) is 25.6. The Morgan fingerprint density at radius 1 is 0.897 bits per heavy atom. The highest BCUT2D eigenvalue weighted by Gasteiger charge is 2.25. The van der Waals surface area contributed by atoms with E-state index < -0.39 is 6.04 Å².